The Morgan fingerprint density at radius 2 is 1.96 bits per heavy atom. The molecule has 0 atom stereocenters. The molecule has 1 saturated heterocycles. The van der Waals surface area contributed by atoms with Gasteiger partial charge in [-0.2, -0.15) is 0 Å². The maximum atomic E-state index is 12.6. The average Bonchev–Trinajstić information content (AvgIpc) is 2.59. The lowest BCUT2D eigenvalue weighted by molar-refractivity contribution is 0.0593. The standard InChI is InChI=1S/C17H21N3O3/c1-23-11-10-19-6-8-20(9-7-19)17(22)14-12-13-4-2-3-5-15(13)18-16(14)21/h2-5,12H,6-11H2,1H3,(H,18,21). The van der Waals surface area contributed by atoms with Gasteiger partial charge in [-0.15, -0.1) is 0 Å². The summed E-state index contributed by atoms with van der Waals surface area (Å²) >= 11 is 0. The summed E-state index contributed by atoms with van der Waals surface area (Å²) in [6.07, 6.45) is 0. The van der Waals surface area contributed by atoms with Crippen LogP contribution in [0.25, 0.3) is 10.9 Å². The van der Waals surface area contributed by atoms with Crippen LogP contribution in [-0.2, 0) is 4.74 Å². The largest absolute Gasteiger partial charge is 0.383 e. The summed E-state index contributed by atoms with van der Waals surface area (Å²) in [5, 5.41) is 0.870. The average molecular weight is 315 g/mol. The van der Waals surface area contributed by atoms with E-state index in [9.17, 15) is 9.59 Å². The fraction of sp³-hybridized carbons (Fsp3) is 0.412. The third kappa shape index (κ3) is 3.43. The summed E-state index contributed by atoms with van der Waals surface area (Å²) in [6, 6.07) is 9.17. The van der Waals surface area contributed by atoms with Gasteiger partial charge in [0.25, 0.3) is 11.5 Å². The smallest absolute Gasteiger partial charge is 0.261 e. The number of aromatic amines is 1. The molecule has 6 heteroatoms. The molecule has 1 amide bonds. The van der Waals surface area contributed by atoms with Crippen LogP contribution in [0.4, 0.5) is 0 Å². The van der Waals surface area contributed by atoms with Crippen molar-refractivity contribution in [2.45, 2.75) is 0 Å². The maximum Gasteiger partial charge on any atom is 0.261 e. The third-order valence-electron chi connectivity index (χ3n) is 4.26. The van der Waals surface area contributed by atoms with Gasteiger partial charge in [-0.3, -0.25) is 14.5 Å². The van der Waals surface area contributed by atoms with E-state index in [1.807, 2.05) is 24.3 Å². The van der Waals surface area contributed by atoms with Crippen LogP contribution in [-0.4, -0.2) is 67.1 Å². The predicted molar refractivity (Wildman–Crippen MR) is 88.8 cm³/mol. The number of ether oxygens (including phenoxy) is 1. The number of nitrogens with zero attached hydrogens (tertiary/aromatic N) is 2. The van der Waals surface area contributed by atoms with E-state index in [2.05, 4.69) is 9.88 Å². The van der Waals surface area contributed by atoms with Crippen LogP contribution in [0.15, 0.2) is 35.1 Å². The van der Waals surface area contributed by atoms with E-state index < -0.39 is 0 Å². The molecule has 0 spiro atoms. The molecule has 1 aliphatic heterocycles. The highest BCUT2D eigenvalue weighted by atomic mass is 16.5. The summed E-state index contributed by atoms with van der Waals surface area (Å²) in [4.78, 5) is 31.6. The highest BCUT2D eigenvalue weighted by Crippen LogP contribution is 2.12. The predicted octanol–water partition coefficient (Wildman–Crippen LogP) is 0.932. The summed E-state index contributed by atoms with van der Waals surface area (Å²) in [6.45, 7) is 4.44. The number of H-pyrrole nitrogens is 1. The van der Waals surface area contributed by atoms with E-state index >= 15 is 0 Å². The first-order chi connectivity index (χ1) is 11.2. The Kier molecular flexibility index (Phi) is 4.73. The van der Waals surface area contributed by atoms with Crippen LogP contribution in [0, 0.1) is 0 Å². The van der Waals surface area contributed by atoms with Crippen molar-refractivity contribution in [1.29, 1.82) is 0 Å². The number of piperazine rings is 1. The molecule has 1 aromatic heterocycles. The van der Waals surface area contributed by atoms with Gasteiger partial charge in [0, 0.05) is 45.4 Å². The Bertz CT molecular complexity index is 748. The van der Waals surface area contributed by atoms with Gasteiger partial charge in [-0.05, 0) is 17.5 Å². The summed E-state index contributed by atoms with van der Waals surface area (Å²) in [7, 11) is 1.69. The molecule has 2 aromatic rings. The van der Waals surface area contributed by atoms with Gasteiger partial charge in [0.2, 0.25) is 0 Å². The normalized spacial score (nSPS) is 16.0. The molecule has 2 heterocycles. The van der Waals surface area contributed by atoms with Gasteiger partial charge in [-0.25, -0.2) is 0 Å². The van der Waals surface area contributed by atoms with E-state index in [0.717, 1.165) is 30.5 Å². The van der Waals surface area contributed by atoms with Gasteiger partial charge in [-0.1, -0.05) is 18.2 Å². The molecule has 1 N–H and O–H groups in total. The first-order valence-electron chi connectivity index (χ1n) is 7.81. The van der Waals surface area contributed by atoms with Crippen LogP contribution in [0.5, 0.6) is 0 Å². The molecule has 6 nitrogen and oxygen atoms in total. The van der Waals surface area contributed by atoms with Crippen molar-refractivity contribution >= 4 is 16.8 Å². The monoisotopic (exact) mass is 315 g/mol. The molecule has 0 radical (unpaired) electrons. The molecule has 23 heavy (non-hydrogen) atoms. The highest BCUT2D eigenvalue weighted by Gasteiger charge is 2.23. The molecule has 0 bridgehead atoms. The van der Waals surface area contributed by atoms with Crippen molar-refractivity contribution in [3.8, 4) is 0 Å². The number of hydrogen-bond acceptors (Lipinski definition) is 4. The zero-order valence-electron chi connectivity index (χ0n) is 13.2. The third-order valence-corrected chi connectivity index (χ3v) is 4.26. The number of carbonyl (C=O) groups excluding carboxylic acids is 1. The van der Waals surface area contributed by atoms with E-state index in [1.54, 1.807) is 18.1 Å². The first-order valence-corrected chi connectivity index (χ1v) is 7.81. The first kappa shape index (κ1) is 15.7. The number of fused-ring (bicyclic) bond motifs is 1. The molecule has 1 aromatic carbocycles. The quantitative estimate of drug-likeness (QED) is 0.912. The van der Waals surface area contributed by atoms with Crippen molar-refractivity contribution in [2.24, 2.45) is 0 Å². The summed E-state index contributed by atoms with van der Waals surface area (Å²) in [5.41, 5.74) is 0.642. The van der Waals surface area contributed by atoms with Crippen molar-refractivity contribution in [3.63, 3.8) is 0 Å². The molecule has 1 fully saturated rings. The van der Waals surface area contributed by atoms with Crippen molar-refractivity contribution in [2.75, 3.05) is 46.4 Å². The second-order valence-corrected chi connectivity index (χ2v) is 5.73. The number of hydrogen-bond donors (Lipinski definition) is 1. The minimum Gasteiger partial charge on any atom is -0.383 e. The van der Waals surface area contributed by atoms with Crippen LogP contribution >= 0.6 is 0 Å². The Morgan fingerprint density at radius 3 is 2.70 bits per heavy atom. The fourth-order valence-corrected chi connectivity index (χ4v) is 2.87. The van der Waals surface area contributed by atoms with Gasteiger partial charge in [0.05, 0.1) is 6.61 Å². The highest BCUT2D eigenvalue weighted by molar-refractivity contribution is 5.97. The van der Waals surface area contributed by atoms with E-state index in [-0.39, 0.29) is 17.0 Å². The van der Waals surface area contributed by atoms with Crippen LogP contribution < -0.4 is 5.56 Å². The Labute approximate surface area is 134 Å². The van der Waals surface area contributed by atoms with Crippen LogP contribution in [0.1, 0.15) is 10.4 Å². The van der Waals surface area contributed by atoms with Crippen molar-refractivity contribution in [3.05, 3.63) is 46.2 Å². The topological polar surface area (TPSA) is 65.6 Å². The van der Waals surface area contributed by atoms with Crippen LogP contribution in [0.2, 0.25) is 0 Å². The molecule has 3 rings (SSSR count). The molecule has 122 valence electrons. The zero-order valence-corrected chi connectivity index (χ0v) is 13.2. The van der Waals surface area contributed by atoms with E-state index in [0.29, 0.717) is 19.7 Å². The Hall–Kier alpha value is -2.18. The van der Waals surface area contributed by atoms with Gasteiger partial charge in [0.1, 0.15) is 5.56 Å². The van der Waals surface area contributed by atoms with E-state index in [4.69, 9.17) is 4.74 Å². The second-order valence-electron chi connectivity index (χ2n) is 5.73. The SMILES string of the molecule is COCCN1CCN(C(=O)c2cc3ccccc3[nH]c2=O)CC1. The Morgan fingerprint density at radius 1 is 1.22 bits per heavy atom. The number of benzene rings is 1. The fourth-order valence-electron chi connectivity index (χ4n) is 2.87. The van der Waals surface area contributed by atoms with Crippen molar-refractivity contribution in [1.82, 2.24) is 14.8 Å². The number of methoxy groups -OCH3 is 1. The van der Waals surface area contributed by atoms with Gasteiger partial charge >= 0.3 is 0 Å². The molecule has 0 saturated carbocycles. The number of amides is 1. The minimum atomic E-state index is -0.324. The lowest BCUT2D eigenvalue weighted by Gasteiger charge is -2.34. The molecule has 0 unspecified atom stereocenters. The zero-order chi connectivity index (χ0) is 16.2. The lowest BCUT2D eigenvalue weighted by atomic mass is 10.1. The van der Waals surface area contributed by atoms with Crippen LogP contribution in [0.3, 0.4) is 0 Å². The van der Waals surface area contributed by atoms with Gasteiger partial charge in [0.15, 0.2) is 0 Å². The van der Waals surface area contributed by atoms with E-state index in [1.165, 1.54) is 0 Å². The Balaban J connectivity index is 1.74. The minimum absolute atomic E-state index is 0.191. The number of rotatable bonds is 4. The number of nitrogens with one attached hydrogen (secondary N) is 1. The summed E-state index contributed by atoms with van der Waals surface area (Å²) < 4.78 is 5.08. The summed E-state index contributed by atoms with van der Waals surface area (Å²) in [5.74, 6) is -0.191. The maximum absolute atomic E-state index is 12.6. The van der Waals surface area contributed by atoms with Gasteiger partial charge < -0.3 is 14.6 Å². The lowest BCUT2D eigenvalue weighted by Crippen LogP contribution is -2.50. The number of carbonyl (C=O) groups is 1. The number of pyridine rings is 1. The molecule has 1 aliphatic rings. The number of para-hydroxylation sites is 1. The second kappa shape index (κ2) is 6.93. The molecular formula is C17H21N3O3. The number of aromatic nitrogens is 1. The molecule has 0 aliphatic carbocycles. The van der Waals surface area contributed by atoms with Crippen molar-refractivity contribution < 1.29 is 9.53 Å². The molecular weight excluding hydrogens is 294 g/mol.